The van der Waals surface area contributed by atoms with Crippen molar-refractivity contribution < 1.29 is 26.0 Å². The summed E-state index contributed by atoms with van der Waals surface area (Å²) in [5, 5.41) is 0.333. The van der Waals surface area contributed by atoms with Crippen LogP contribution in [0.1, 0.15) is 24.1 Å². The van der Waals surface area contributed by atoms with Crippen LogP contribution < -0.4 is 0 Å². The van der Waals surface area contributed by atoms with E-state index in [0.717, 1.165) is 29.3 Å². The van der Waals surface area contributed by atoms with Crippen LogP contribution >= 0.6 is 0 Å². The van der Waals surface area contributed by atoms with Gasteiger partial charge in [-0.2, -0.15) is 0 Å². The maximum atomic E-state index is 14.1. The molecule has 1 saturated heterocycles. The van der Waals surface area contributed by atoms with Crippen molar-refractivity contribution in [2.45, 2.75) is 22.6 Å². The second kappa shape index (κ2) is 9.85. The van der Waals surface area contributed by atoms with Gasteiger partial charge in [-0.1, -0.05) is 36.4 Å². The van der Waals surface area contributed by atoms with E-state index in [4.69, 9.17) is 4.74 Å². The summed E-state index contributed by atoms with van der Waals surface area (Å²) in [4.78, 5) is 4.37. The number of allylic oxidation sites excluding steroid dienone is 1. The summed E-state index contributed by atoms with van der Waals surface area (Å²) in [6, 6.07) is 17.2. The Kier molecular flexibility index (Phi) is 6.74. The lowest BCUT2D eigenvalue weighted by Gasteiger charge is -2.21. The molecule has 10 heteroatoms. The molecule has 2 aromatic heterocycles. The number of rotatable bonds is 6. The predicted octanol–water partition coefficient (Wildman–Crippen LogP) is 4.67. The molecule has 0 saturated carbocycles. The monoisotopic (exact) mass is 540 g/mol. The lowest BCUT2D eigenvalue weighted by atomic mass is 9.93. The number of sulfone groups is 1. The van der Waals surface area contributed by atoms with E-state index < -0.39 is 25.7 Å². The second-order valence-corrected chi connectivity index (χ2v) is 12.8. The molecule has 0 unspecified atom stereocenters. The zero-order chi connectivity index (χ0) is 26.2. The Balaban J connectivity index is 1.79. The molecule has 1 fully saturated rings. The fraction of sp³-hybridized carbons (Fsp3) is 0.222. The lowest BCUT2D eigenvalue weighted by Crippen LogP contribution is -2.18. The van der Waals surface area contributed by atoms with Gasteiger partial charge in [-0.15, -0.1) is 0 Å². The molecule has 1 aliphatic rings. The van der Waals surface area contributed by atoms with Gasteiger partial charge < -0.3 is 4.74 Å². The van der Waals surface area contributed by atoms with Gasteiger partial charge in [-0.25, -0.2) is 30.2 Å². The van der Waals surface area contributed by atoms with E-state index in [1.807, 2.05) is 6.08 Å². The van der Waals surface area contributed by atoms with E-state index >= 15 is 0 Å². The molecule has 5 rings (SSSR count). The van der Waals surface area contributed by atoms with E-state index in [2.05, 4.69) is 4.98 Å². The normalized spacial score (nSPS) is 15.8. The van der Waals surface area contributed by atoms with E-state index in [1.165, 1.54) is 30.3 Å². The second-order valence-electron chi connectivity index (χ2n) is 9.01. The van der Waals surface area contributed by atoms with Crippen LogP contribution in [0, 0.1) is 11.7 Å². The maximum Gasteiger partial charge on any atom is 0.269 e. The molecule has 0 spiro atoms. The number of aromatic nitrogens is 2. The average molecular weight is 541 g/mol. The summed E-state index contributed by atoms with van der Waals surface area (Å²) in [7, 11) is -7.54. The SMILES string of the molecule is CS(=O)(=O)c1ccc(C(=CC2CCOCC2)c2cc3cc(F)cnc3n2S(=O)(=O)c2ccccc2)cc1. The van der Waals surface area contributed by atoms with Crippen molar-refractivity contribution in [3.8, 4) is 0 Å². The van der Waals surface area contributed by atoms with Crippen LogP contribution in [0.15, 0.2) is 88.8 Å². The molecule has 192 valence electrons. The molecule has 0 radical (unpaired) electrons. The van der Waals surface area contributed by atoms with Crippen LogP contribution in [0.5, 0.6) is 0 Å². The predicted molar refractivity (Wildman–Crippen MR) is 139 cm³/mol. The van der Waals surface area contributed by atoms with Gasteiger partial charge in [-0.3, -0.25) is 0 Å². The minimum atomic E-state index is -4.12. The molecule has 1 aliphatic heterocycles. The average Bonchev–Trinajstić information content (AvgIpc) is 3.27. The van der Waals surface area contributed by atoms with Crippen LogP contribution in [0.25, 0.3) is 16.6 Å². The van der Waals surface area contributed by atoms with Gasteiger partial charge in [-0.05, 0) is 60.7 Å². The van der Waals surface area contributed by atoms with E-state index in [9.17, 15) is 21.2 Å². The molecule has 3 heterocycles. The van der Waals surface area contributed by atoms with Crippen molar-refractivity contribution in [2.24, 2.45) is 5.92 Å². The number of pyridine rings is 1. The number of benzene rings is 2. The molecule has 37 heavy (non-hydrogen) atoms. The van der Waals surface area contributed by atoms with Gasteiger partial charge in [0, 0.05) is 30.4 Å². The summed E-state index contributed by atoms with van der Waals surface area (Å²) in [6.45, 7) is 1.17. The smallest absolute Gasteiger partial charge is 0.269 e. The summed E-state index contributed by atoms with van der Waals surface area (Å²) >= 11 is 0. The molecule has 0 aliphatic carbocycles. The van der Waals surface area contributed by atoms with Gasteiger partial charge in [0.15, 0.2) is 15.5 Å². The topological polar surface area (TPSA) is 95.3 Å². The minimum absolute atomic E-state index is 0.0673. The van der Waals surface area contributed by atoms with Crippen LogP contribution in [0.4, 0.5) is 4.39 Å². The number of hydrogen-bond donors (Lipinski definition) is 0. The number of halogens is 1. The van der Waals surface area contributed by atoms with Crippen LogP contribution in [0.3, 0.4) is 0 Å². The van der Waals surface area contributed by atoms with Gasteiger partial charge in [0.05, 0.1) is 21.7 Å². The Morgan fingerprint density at radius 3 is 2.30 bits per heavy atom. The van der Waals surface area contributed by atoms with Crippen molar-refractivity contribution in [3.05, 3.63) is 96.1 Å². The van der Waals surface area contributed by atoms with Gasteiger partial charge in [0.25, 0.3) is 10.0 Å². The first-order valence-electron chi connectivity index (χ1n) is 11.7. The molecule has 0 atom stereocenters. The van der Waals surface area contributed by atoms with Crippen molar-refractivity contribution in [1.82, 2.24) is 8.96 Å². The Morgan fingerprint density at radius 2 is 1.65 bits per heavy atom. The van der Waals surface area contributed by atoms with Gasteiger partial charge in [0.2, 0.25) is 0 Å². The zero-order valence-electron chi connectivity index (χ0n) is 20.0. The largest absolute Gasteiger partial charge is 0.381 e. The highest BCUT2D eigenvalue weighted by Gasteiger charge is 2.27. The van der Waals surface area contributed by atoms with E-state index in [-0.39, 0.29) is 21.4 Å². The molecule has 4 aromatic rings. The summed E-state index contributed by atoms with van der Waals surface area (Å²) < 4.78 is 72.7. The van der Waals surface area contributed by atoms with Crippen LogP contribution in [-0.2, 0) is 24.6 Å². The Morgan fingerprint density at radius 1 is 0.973 bits per heavy atom. The summed E-state index contributed by atoms with van der Waals surface area (Å²) in [6.07, 6.45) is 5.63. The first-order valence-corrected chi connectivity index (χ1v) is 15.1. The Hall–Kier alpha value is -3.34. The van der Waals surface area contributed by atoms with Gasteiger partial charge >= 0.3 is 0 Å². The minimum Gasteiger partial charge on any atom is -0.381 e. The summed E-state index contributed by atoms with van der Waals surface area (Å²) in [5.74, 6) is -0.477. The Labute approximate surface area is 215 Å². The quantitative estimate of drug-likeness (QED) is 0.353. The van der Waals surface area contributed by atoms with Crippen LogP contribution in [0.2, 0.25) is 0 Å². The van der Waals surface area contributed by atoms with Crippen molar-refractivity contribution in [2.75, 3.05) is 19.5 Å². The fourth-order valence-electron chi connectivity index (χ4n) is 4.50. The first kappa shape index (κ1) is 25.3. The number of hydrogen-bond acceptors (Lipinski definition) is 6. The molecule has 7 nitrogen and oxygen atoms in total. The third kappa shape index (κ3) is 5.09. The van der Waals surface area contributed by atoms with E-state index in [0.29, 0.717) is 35.4 Å². The highest BCUT2D eigenvalue weighted by atomic mass is 32.2. The van der Waals surface area contributed by atoms with Crippen molar-refractivity contribution in [1.29, 1.82) is 0 Å². The van der Waals surface area contributed by atoms with Gasteiger partial charge in [0.1, 0.15) is 5.82 Å². The van der Waals surface area contributed by atoms with Crippen molar-refractivity contribution >= 4 is 36.5 Å². The molecular weight excluding hydrogens is 515 g/mol. The maximum absolute atomic E-state index is 14.1. The number of fused-ring (bicyclic) bond motifs is 1. The third-order valence-corrected chi connectivity index (χ3v) is 9.23. The molecular formula is C27H25FN2O5S2. The first-order chi connectivity index (χ1) is 17.6. The molecule has 0 amide bonds. The standard InChI is InChI=1S/C27H25FN2O5S2/c1-36(31,32)23-9-7-20(8-10-23)25(15-19-11-13-35-14-12-19)26-17-21-16-22(28)18-29-27(21)30(26)37(33,34)24-5-3-2-4-6-24/h2-10,15-19H,11-14H2,1H3. The summed E-state index contributed by atoms with van der Waals surface area (Å²) in [5.41, 5.74) is 1.64. The zero-order valence-corrected chi connectivity index (χ0v) is 21.7. The van der Waals surface area contributed by atoms with Crippen molar-refractivity contribution in [3.63, 3.8) is 0 Å². The lowest BCUT2D eigenvalue weighted by molar-refractivity contribution is 0.0786. The number of ether oxygens (including phenoxy) is 1. The Bertz CT molecular complexity index is 1690. The molecule has 0 bridgehead atoms. The van der Waals surface area contributed by atoms with E-state index in [1.54, 1.807) is 36.4 Å². The third-order valence-electron chi connectivity index (χ3n) is 6.38. The number of nitrogens with zero attached hydrogens (tertiary/aromatic N) is 2. The fourth-order valence-corrected chi connectivity index (χ4v) is 6.63. The molecule has 2 aromatic carbocycles. The highest BCUT2D eigenvalue weighted by Crippen LogP contribution is 2.35. The van der Waals surface area contributed by atoms with Crippen LogP contribution in [-0.4, -0.2) is 45.3 Å². The molecule has 0 N–H and O–H groups in total. The highest BCUT2D eigenvalue weighted by molar-refractivity contribution is 7.90.